The van der Waals surface area contributed by atoms with Crippen LogP contribution in [-0.4, -0.2) is 45.3 Å². The summed E-state index contributed by atoms with van der Waals surface area (Å²) >= 11 is 0. The van der Waals surface area contributed by atoms with Crippen LogP contribution < -0.4 is 0 Å². The first kappa shape index (κ1) is 14.4. The molecule has 1 aromatic carbocycles. The summed E-state index contributed by atoms with van der Waals surface area (Å²) in [5.41, 5.74) is 2.30. The van der Waals surface area contributed by atoms with E-state index in [2.05, 4.69) is 22.2 Å². The zero-order chi connectivity index (χ0) is 15.7. The fourth-order valence-electron chi connectivity index (χ4n) is 3.53. The molecule has 120 valence electrons. The minimum atomic E-state index is 0.189. The van der Waals surface area contributed by atoms with Crippen molar-refractivity contribution < 1.29 is 9.53 Å². The Labute approximate surface area is 135 Å². The van der Waals surface area contributed by atoms with Gasteiger partial charge >= 0.3 is 0 Å². The first-order valence-electron chi connectivity index (χ1n) is 8.04. The number of ether oxygens (including phenoxy) is 1. The molecule has 2 saturated heterocycles. The summed E-state index contributed by atoms with van der Waals surface area (Å²) in [5.74, 6) is 0.253. The lowest BCUT2D eigenvalue weighted by atomic mass is 9.79. The van der Waals surface area contributed by atoms with Crippen molar-refractivity contribution in [2.75, 3.05) is 19.8 Å². The molecule has 4 rings (SSSR count). The van der Waals surface area contributed by atoms with Crippen LogP contribution in [0.1, 0.15) is 24.8 Å². The molecule has 2 aliphatic heterocycles. The van der Waals surface area contributed by atoms with E-state index in [-0.39, 0.29) is 11.3 Å². The monoisotopic (exact) mass is 312 g/mol. The van der Waals surface area contributed by atoms with Crippen LogP contribution in [0.15, 0.2) is 36.9 Å². The third-order valence-electron chi connectivity index (χ3n) is 4.93. The Morgan fingerprint density at radius 3 is 2.78 bits per heavy atom. The molecule has 1 spiro atoms. The van der Waals surface area contributed by atoms with Gasteiger partial charge in [0.25, 0.3) is 0 Å². The smallest absolute Gasteiger partial charge is 0.222 e. The lowest BCUT2D eigenvalue weighted by Gasteiger charge is -2.39. The van der Waals surface area contributed by atoms with Gasteiger partial charge in [0.1, 0.15) is 12.7 Å². The van der Waals surface area contributed by atoms with Crippen molar-refractivity contribution in [2.45, 2.75) is 25.8 Å². The van der Waals surface area contributed by atoms with Crippen LogP contribution in [0, 0.1) is 5.41 Å². The highest BCUT2D eigenvalue weighted by atomic mass is 16.5. The molecule has 0 aliphatic carbocycles. The van der Waals surface area contributed by atoms with Crippen molar-refractivity contribution >= 4 is 5.91 Å². The standard InChI is InChI=1S/C17H20N4O2/c22-16-5-6-17(7-8-23-11-17)10-20(16)9-14-1-3-15(4-2-14)21-13-18-12-19-21/h1-4,12-13H,5-11H2/t17-/m1/s1. The molecule has 23 heavy (non-hydrogen) atoms. The van der Waals surface area contributed by atoms with Crippen molar-refractivity contribution in [1.29, 1.82) is 0 Å². The molecule has 0 radical (unpaired) electrons. The Kier molecular flexibility index (Phi) is 3.61. The Morgan fingerprint density at radius 1 is 1.22 bits per heavy atom. The number of nitrogens with zero attached hydrogens (tertiary/aromatic N) is 4. The molecule has 1 amide bonds. The minimum absolute atomic E-state index is 0.189. The topological polar surface area (TPSA) is 60.2 Å². The number of aromatic nitrogens is 3. The highest BCUT2D eigenvalue weighted by Gasteiger charge is 2.41. The van der Waals surface area contributed by atoms with Gasteiger partial charge in [0.15, 0.2) is 0 Å². The van der Waals surface area contributed by atoms with Crippen LogP contribution in [0.5, 0.6) is 0 Å². The number of hydrogen-bond donors (Lipinski definition) is 0. The van der Waals surface area contributed by atoms with E-state index in [1.54, 1.807) is 11.0 Å². The maximum Gasteiger partial charge on any atom is 0.222 e. The molecule has 6 nitrogen and oxygen atoms in total. The van der Waals surface area contributed by atoms with Crippen LogP contribution in [0.4, 0.5) is 0 Å². The highest BCUT2D eigenvalue weighted by Crippen LogP contribution is 2.38. The summed E-state index contributed by atoms with van der Waals surface area (Å²) in [7, 11) is 0. The molecule has 0 saturated carbocycles. The number of carbonyl (C=O) groups is 1. The first-order chi connectivity index (χ1) is 11.2. The van der Waals surface area contributed by atoms with Crippen molar-refractivity contribution in [1.82, 2.24) is 19.7 Å². The Balaban J connectivity index is 1.47. The number of piperidine rings is 1. The zero-order valence-electron chi connectivity index (χ0n) is 13.0. The second kappa shape index (κ2) is 5.77. The second-order valence-electron chi connectivity index (χ2n) is 6.56. The van der Waals surface area contributed by atoms with Gasteiger partial charge in [-0.3, -0.25) is 4.79 Å². The molecule has 0 unspecified atom stereocenters. The van der Waals surface area contributed by atoms with Crippen LogP contribution in [0.3, 0.4) is 0 Å². The number of hydrogen-bond acceptors (Lipinski definition) is 4. The van der Waals surface area contributed by atoms with E-state index in [0.29, 0.717) is 13.0 Å². The molecule has 1 aromatic heterocycles. The molecule has 0 N–H and O–H groups in total. The molecular formula is C17H20N4O2. The van der Waals surface area contributed by atoms with Gasteiger partial charge in [0, 0.05) is 31.5 Å². The van der Waals surface area contributed by atoms with Gasteiger partial charge in [-0.05, 0) is 30.5 Å². The van der Waals surface area contributed by atoms with Gasteiger partial charge < -0.3 is 9.64 Å². The Bertz CT molecular complexity index is 675. The Hall–Kier alpha value is -2.21. The molecule has 6 heteroatoms. The van der Waals surface area contributed by atoms with Crippen molar-refractivity contribution in [3.63, 3.8) is 0 Å². The van der Waals surface area contributed by atoms with Crippen LogP contribution >= 0.6 is 0 Å². The van der Waals surface area contributed by atoms with Crippen molar-refractivity contribution in [3.8, 4) is 5.69 Å². The molecule has 1 atom stereocenters. The van der Waals surface area contributed by atoms with E-state index >= 15 is 0 Å². The molecule has 2 aliphatic rings. The molecule has 0 bridgehead atoms. The summed E-state index contributed by atoms with van der Waals surface area (Å²) in [4.78, 5) is 18.2. The normalized spacial score (nSPS) is 24.5. The van der Waals surface area contributed by atoms with Crippen LogP contribution in [0.2, 0.25) is 0 Å². The number of benzene rings is 1. The summed E-state index contributed by atoms with van der Waals surface area (Å²) < 4.78 is 7.30. The number of carbonyl (C=O) groups excluding carboxylic acids is 1. The van der Waals surface area contributed by atoms with Gasteiger partial charge in [0.2, 0.25) is 5.91 Å². The van der Waals surface area contributed by atoms with E-state index in [0.717, 1.165) is 43.9 Å². The largest absolute Gasteiger partial charge is 0.381 e. The van der Waals surface area contributed by atoms with Gasteiger partial charge in [-0.15, -0.1) is 0 Å². The van der Waals surface area contributed by atoms with Gasteiger partial charge in [-0.25, -0.2) is 9.67 Å². The van der Waals surface area contributed by atoms with Gasteiger partial charge in [-0.2, -0.15) is 5.10 Å². The van der Waals surface area contributed by atoms with E-state index in [9.17, 15) is 4.79 Å². The predicted octanol–water partition coefficient (Wildman–Crippen LogP) is 1.80. The minimum Gasteiger partial charge on any atom is -0.381 e. The quantitative estimate of drug-likeness (QED) is 0.867. The maximum atomic E-state index is 12.3. The SMILES string of the molecule is O=C1CC[C@@]2(CCOC2)CN1Cc1ccc(-n2cncn2)cc1. The third-order valence-corrected chi connectivity index (χ3v) is 4.93. The molecule has 2 aromatic rings. The fourth-order valence-corrected chi connectivity index (χ4v) is 3.53. The van der Waals surface area contributed by atoms with Gasteiger partial charge in [-0.1, -0.05) is 12.1 Å². The highest BCUT2D eigenvalue weighted by molar-refractivity contribution is 5.77. The maximum absolute atomic E-state index is 12.3. The molecule has 3 heterocycles. The summed E-state index contributed by atoms with van der Waals surface area (Å²) in [6, 6.07) is 8.12. The summed E-state index contributed by atoms with van der Waals surface area (Å²) in [5, 5.41) is 4.12. The average molecular weight is 312 g/mol. The van der Waals surface area contributed by atoms with E-state index < -0.39 is 0 Å². The second-order valence-corrected chi connectivity index (χ2v) is 6.56. The van der Waals surface area contributed by atoms with Crippen LogP contribution in [-0.2, 0) is 16.1 Å². The molecular weight excluding hydrogens is 292 g/mol. The number of likely N-dealkylation sites (tertiary alicyclic amines) is 1. The van der Waals surface area contributed by atoms with E-state index in [1.807, 2.05) is 17.0 Å². The number of amides is 1. The van der Waals surface area contributed by atoms with Crippen LogP contribution in [0.25, 0.3) is 5.69 Å². The molecule has 2 fully saturated rings. The third kappa shape index (κ3) is 2.86. The first-order valence-corrected chi connectivity index (χ1v) is 8.04. The number of rotatable bonds is 3. The summed E-state index contributed by atoms with van der Waals surface area (Å²) in [6.07, 6.45) is 5.87. The zero-order valence-corrected chi connectivity index (χ0v) is 13.0. The van der Waals surface area contributed by atoms with E-state index in [4.69, 9.17) is 4.74 Å². The van der Waals surface area contributed by atoms with Gasteiger partial charge in [0.05, 0.1) is 12.3 Å². The van der Waals surface area contributed by atoms with Crippen molar-refractivity contribution in [2.24, 2.45) is 5.41 Å². The fraction of sp³-hybridized carbons (Fsp3) is 0.471. The van der Waals surface area contributed by atoms with Crippen molar-refractivity contribution in [3.05, 3.63) is 42.5 Å². The predicted molar refractivity (Wildman–Crippen MR) is 83.9 cm³/mol. The lowest BCUT2D eigenvalue weighted by Crippen LogP contribution is -2.46. The van der Waals surface area contributed by atoms with E-state index in [1.165, 1.54) is 6.33 Å². The lowest BCUT2D eigenvalue weighted by molar-refractivity contribution is -0.138. The summed E-state index contributed by atoms with van der Waals surface area (Å²) in [6.45, 7) is 3.10. The Morgan fingerprint density at radius 2 is 2.09 bits per heavy atom. The average Bonchev–Trinajstić information content (AvgIpc) is 3.24.